The van der Waals surface area contributed by atoms with Gasteiger partial charge in [-0.05, 0) is 53.4 Å². The second-order valence-electron chi connectivity index (χ2n) is 5.21. The fraction of sp³-hybridized carbons (Fsp3) is 0.105. The minimum absolute atomic E-state index is 0.304. The van der Waals surface area contributed by atoms with Crippen LogP contribution in [-0.2, 0) is 6.42 Å². The van der Waals surface area contributed by atoms with Crippen molar-refractivity contribution >= 4 is 5.97 Å². The van der Waals surface area contributed by atoms with E-state index in [1.165, 1.54) is 5.56 Å². The van der Waals surface area contributed by atoms with Gasteiger partial charge < -0.3 is 9.67 Å². The van der Waals surface area contributed by atoms with Gasteiger partial charge in [0.25, 0.3) is 0 Å². The highest BCUT2D eigenvalue weighted by molar-refractivity contribution is 5.88. The van der Waals surface area contributed by atoms with Crippen molar-refractivity contribution in [1.82, 2.24) is 4.57 Å². The summed E-state index contributed by atoms with van der Waals surface area (Å²) in [6, 6.07) is 17.4. The second-order valence-corrected chi connectivity index (χ2v) is 5.21. The largest absolute Gasteiger partial charge is 0.478 e. The molecular weight excluding hydrogens is 274 g/mol. The monoisotopic (exact) mass is 291 g/mol. The van der Waals surface area contributed by atoms with Crippen molar-refractivity contribution in [2.45, 2.75) is 13.3 Å². The van der Waals surface area contributed by atoms with Crippen LogP contribution in [0.2, 0.25) is 0 Å². The molecule has 2 aromatic carbocycles. The molecular formula is C19H17NO2. The Bertz CT molecular complexity index is 800. The molecule has 0 saturated carbocycles. The van der Waals surface area contributed by atoms with Gasteiger partial charge in [0.05, 0.1) is 5.56 Å². The summed E-state index contributed by atoms with van der Waals surface area (Å²) in [5.41, 5.74) is 4.82. The maximum atomic E-state index is 10.9. The smallest absolute Gasteiger partial charge is 0.335 e. The number of aryl methyl sites for hydroxylation is 1. The highest BCUT2D eigenvalue weighted by Gasteiger charge is 2.05. The van der Waals surface area contributed by atoms with Crippen molar-refractivity contribution in [3.05, 3.63) is 78.1 Å². The summed E-state index contributed by atoms with van der Waals surface area (Å²) in [5.74, 6) is -0.902. The number of aromatic carboxylic acids is 1. The molecule has 0 fully saturated rings. The standard InChI is InChI=1S/C19H17NO2/c1-2-14-4-3-5-18(12-14)20-11-10-17(13-20)15-6-8-16(9-7-15)19(21)22/h3-13H,2H2,1H3,(H,21,22). The number of carbonyl (C=O) groups is 1. The topological polar surface area (TPSA) is 42.2 Å². The van der Waals surface area contributed by atoms with E-state index in [1.807, 2.05) is 24.4 Å². The van der Waals surface area contributed by atoms with Crippen LogP contribution in [0.1, 0.15) is 22.8 Å². The fourth-order valence-corrected chi connectivity index (χ4v) is 2.47. The molecule has 3 heteroatoms. The van der Waals surface area contributed by atoms with Gasteiger partial charge in [0, 0.05) is 18.1 Å². The van der Waals surface area contributed by atoms with Crippen LogP contribution in [0.15, 0.2) is 67.0 Å². The summed E-state index contributed by atoms with van der Waals surface area (Å²) in [5, 5.41) is 8.94. The minimum atomic E-state index is -0.902. The first kappa shape index (κ1) is 14.1. The number of carboxylic acids is 1. The molecule has 0 saturated heterocycles. The van der Waals surface area contributed by atoms with Gasteiger partial charge in [0.15, 0.2) is 0 Å². The van der Waals surface area contributed by atoms with Gasteiger partial charge in [0.1, 0.15) is 0 Å². The zero-order chi connectivity index (χ0) is 15.5. The van der Waals surface area contributed by atoms with Gasteiger partial charge in [0.2, 0.25) is 0 Å². The van der Waals surface area contributed by atoms with Gasteiger partial charge in [-0.3, -0.25) is 0 Å². The zero-order valence-corrected chi connectivity index (χ0v) is 12.4. The van der Waals surface area contributed by atoms with Crippen molar-refractivity contribution in [1.29, 1.82) is 0 Å². The molecule has 3 nitrogen and oxygen atoms in total. The first-order chi connectivity index (χ1) is 10.7. The van der Waals surface area contributed by atoms with E-state index in [9.17, 15) is 4.79 Å². The van der Waals surface area contributed by atoms with Crippen molar-refractivity contribution in [3.8, 4) is 16.8 Å². The molecule has 1 N–H and O–H groups in total. The third-order valence-corrected chi connectivity index (χ3v) is 3.78. The first-order valence-corrected chi connectivity index (χ1v) is 7.28. The summed E-state index contributed by atoms with van der Waals surface area (Å²) in [6.45, 7) is 2.14. The third-order valence-electron chi connectivity index (χ3n) is 3.78. The molecule has 1 aromatic heterocycles. The lowest BCUT2D eigenvalue weighted by Gasteiger charge is -2.05. The van der Waals surface area contributed by atoms with Crippen molar-refractivity contribution < 1.29 is 9.90 Å². The summed E-state index contributed by atoms with van der Waals surface area (Å²) < 4.78 is 2.08. The summed E-state index contributed by atoms with van der Waals surface area (Å²) in [4.78, 5) is 10.9. The van der Waals surface area contributed by atoms with E-state index in [2.05, 4.69) is 42.0 Å². The molecule has 110 valence electrons. The predicted molar refractivity (Wildman–Crippen MR) is 87.5 cm³/mol. The van der Waals surface area contributed by atoms with E-state index in [0.717, 1.165) is 23.2 Å². The van der Waals surface area contributed by atoms with Crippen molar-refractivity contribution in [3.63, 3.8) is 0 Å². The number of nitrogens with zero attached hydrogens (tertiary/aromatic N) is 1. The summed E-state index contributed by atoms with van der Waals surface area (Å²) in [7, 11) is 0. The lowest BCUT2D eigenvalue weighted by molar-refractivity contribution is 0.0697. The van der Waals surface area contributed by atoms with E-state index in [0.29, 0.717) is 5.56 Å². The van der Waals surface area contributed by atoms with E-state index < -0.39 is 5.97 Å². The molecule has 22 heavy (non-hydrogen) atoms. The van der Waals surface area contributed by atoms with E-state index >= 15 is 0 Å². The van der Waals surface area contributed by atoms with Crippen molar-refractivity contribution in [2.75, 3.05) is 0 Å². The van der Waals surface area contributed by atoms with Crippen LogP contribution in [0.25, 0.3) is 16.8 Å². The molecule has 0 bridgehead atoms. The van der Waals surface area contributed by atoms with Gasteiger partial charge in [-0.1, -0.05) is 31.2 Å². The molecule has 0 atom stereocenters. The van der Waals surface area contributed by atoms with Crippen LogP contribution in [0, 0.1) is 0 Å². The number of aromatic nitrogens is 1. The number of hydrogen-bond donors (Lipinski definition) is 1. The Morgan fingerprint density at radius 2 is 1.82 bits per heavy atom. The molecule has 0 aliphatic rings. The number of hydrogen-bond acceptors (Lipinski definition) is 1. The number of rotatable bonds is 4. The summed E-state index contributed by atoms with van der Waals surface area (Å²) in [6.07, 6.45) is 5.10. The molecule has 0 unspecified atom stereocenters. The van der Waals surface area contributed by atoms with Crippen LogP contribution in [0.4, 0.5) is 0 Å². The zero-order valence-electron chi connectivity index (χ0n) is 12.4. The minimum Gasteiger partial charge on any atom is -0.478 e. The Hall–Kier alpha value is -2.81. The Morgan fingerprint density at radius 1 is 1.05 bits per heavy atom. The van der Waals surface area contributed by atoms with Crippen molar-refractivity contribution in [2.24, 2.45) is 0 Å². The van der Waals surface area contributed by atoms with Gasteiger partial charge in [-0.25, -0.2) is 4.79 Å². The highest BCUT2D eigenvalue weighted by atomic mass is 16.4. The van der Waals surface area contributed by atoms with Crippen LogP contribution in [-0.4, -0.2) is 15.6 Å². The fourth-order valence-electron chi connectivity index (χ4n) is 2.47. The molecule has 3 rings (SSSR count). The molecule has 0 amide bonds. The Morgan fingerprint density at radius 3 is 2.50 bits per heavy atom. The second kappa shape index (κ2) is 5.90. The normalized spacial score (nSPS) is 10.6. The Labute approximate surface area is 129 Å². The van der Waals surface area contributed by atoms with Crippen LogP contribution in [0.3, 0.4) is 0 Å². The summed E-state index contributed by atoms with van der Waals surface area (Å²) >= 11 is 0. The van der Waals surface area contributed by atoms with E-state index in [-0.39, 0.29) is 0 Å². The predicted octanol–water partition coefficient (Wildman–Crippen LogP) is 4.40. The van der Waals surface area contributed by atoms with E-state index in [1.54, 1.807) is 12.1 Å². The average Bonchev–Trinajstić information content (AvgIpc) is 3.05. The molecule has 0 radical (unpaired) electrons. The molecule has 3 aromatic rings. The lowest BCUT2D eigenvalue weighted by atomic mass is 10.1. The molecule has 1 heterocycles. The Kier molecular flexibility index (Phi) is 3.79. The third kappa shape index (κ3) is 2.79. The molecule has 0 aliphatic heterocycles. The first-order valence-electron chi connectivity index (χ1n) is 7.28. The average molecular weight is 291 g/mol. The molecule has 0 aliphatic carbocycles. The van der Waals surface area contributed by atoms with Crippen LogP contribution in [0.5, 0.6) is 0 Å². The number of benzene rings is 2. The maximum absolute atomic E-state index is 10.9. The highest BCUT2D eigenvalue weighted by Crippen LogP contribution is 2.22. The SMILES string of the molecule is CCc1cccc(-n2ccc(-c3ccc(C(=O)O)cc3)c2)c1. The van der Waals surface area contributed by atoms with Gasteiger partial charge in [-0.15, -0.1) is 0 Å². The van der Waals surface area contributed by atoms with E-state index in [4.69, 9.17) is 5.11 Å². The maximum Gasteiger partial charge on any atom is 0.335 e. The van der Waals surface area contributed by atoms with Gasteiger partial charge in [-0.2, -0.15) is 0 Å². The lowest BCUT2D eigenvalue weighted by Crippen LogP contribution is -1.94. The number of carboxylic acid groups (broad SMARTS) is 1. The van der Waals surface area contributed by atoms with Crippen LogP contribution < -0.4 is 0 Å². The Balaban J connectivity index is 1.91. The quantitative estimate of drug-likeness (QED) is 0.774. The van der Waals surface area contributed by atoms with Gasteiger partial charge >= 0.3 is 5.97 Å². The van der Waals surface area contributed by atoms with Crippen LogP contribution >= 0.6 is 0 Å². The molecule has 0 spiro atoms.